The number of phenolic OH excluding ortho intramolecular Hbond substituents is 1. The molecule has 19 heteroatoms. The molecule has 3 aromatic heterocycles. The highest BCUT2D eigenvalue weighted by Gasteiger charge is 2.45. The van der Waals surface area contributed by atoms with Crippen LogP contribution in [0.25, 0.3) is 43.4 Å². The third-order valence-electron chi connectivity index (χ3n) is 14.5. The lowest BCUT2D eigenvalue weighted by molar-refractivity contribution is -0.144. The van der Waals surface area contributed by atoms with Gasteiger partial charge in [0.2, 0.25) is 17.7 Å². The average molecular weight is 1010 g/mol. The van der Waals surface area contributed by atoms with Crippen molar-refractivity contribution >= 4 is 56.6 Å². The van der Waals surface area contributed by atoms with Crippen LogP contribution >= 0.6 is 11.3 Å². The van der Waals surface area contributed by atoms with Crippen molar-refractivity contribution < 1.29 is 38.1 Å². The van der Waals surface area contributed by atoms with Gasteiger partial charge in [-0.3, -0.25) is 24.3 Å². The van der Waals surface area contributed by atoms with Crippen LogP contribution in [0.15, 0.2) is 60.2 Å². The van der Waals surface area contributed by atoms with Crippen molar-refractivity contribution in [3.05, 3.63) is 88.7 Å². The van der Waals surface area contributed by atoms with Crippen LogP contribution in [0, 0.1) is 36.3 Å². The fraction of sp³-hybridized carbons (Fsp3) is 0.426. The Bertz CT molecular complexity index is 3140. The Morgan fingerprint density at radius 3 is 2.42 bits per heavy atom. The second kappa shape index (κ2) is 20.2. The van der Waals surface area contributed by atoms with Crippen LogP contribution < -0.4 is 25.6 Å². The number of hydrogen-bond donors (Lipinski definition) is 5. The maximum absolute atomic E-state index is 17.1. The van der Waals surface area contributed by atoms with Gasteiger partial charge >= 0.3 is 6.01 Å². The summed E-state index contributed by atoms with van der Waals surface area (Å²) in [5.74, 6) is 0.00372. The summed E-state index contributed by atoms with van der Waals surface area (Å²) in [4.78, 5) is 66.6. The number of nitrogens with one attached hydrogen (secondary N) is 3. The standard InChI is InChI=1S/C54H58F2N10O6S/c1-6-38-41(55)14-11-32-19-35(67)20-39(44(32)38)46-45(56)47-40(23-57-46)50(65-24-33-12-13-34(25-65)60-33)63-53(62-47)72-37-15-17-64(18-16-37)27-43(69)61-49(54(3,4)5)52(71)66-26-36(68)21-42(66)51(70)58-22-30-7-9-31(10-8-30)48-29(2)59-28-73-48/h1,7-11,14,19-20,23,28,33-34,36-37,42,49,60,67-68H,12-13,15-18,21-22,24-27H2,2-5H3,(H,58,70)(H,61,69)/t33?,34?,36-,42?,49?/m1/s1. The molecule has 5 atom stereocenters. The number of piperidine rings is 1. The van der Waals surface area contributed by atoms with E-state index in [1.807, 2.05) is 56.9 Å². The zero-order valence-electron chi connectivity index (χ0n) is 41.1. The minimum Gasteiger partial charge on any atom is -0.508 e. The molecule has 0 aliphatic carbocycles. The van der Waals surface area contributed by atoms with Crippen LogP contribution in [0.2, 0.25) is 0 Å². The number of carbonyl (C=O) groups is 3. The molecule has 0 spiro atoms. The number of aromatic nitrogens is 4. The quantitative estimate of drug-likeness (QED) is 0.0919. The van der Waals surface area contributed by atoms with E-state index in [0.717, 1.165) is 34.5 Å². The first-order valence-electron chi connectivity index (χ1n) is 24.7. The molecule has 3 aromatic carbocycles. The largest absolute Gasteiger partial charge is 0.508 e. The minimum absolute atomic E-state index is 0.00156. The molecular formula is C54H58F2N10O6S. The smallest absolute Gasteiger partial charge is 0.319 e. The van der Waals surface area contributed by atoms with Crippen molar-refractivity contribution in [2.45, 2.75) is 103 Å². The van der Waals surface area contributed by atoms with Crippen LogP contribution in [0.5, 0.6) is 11.8 Å². The van der Waals surface area contributed by atoms with Crippen LogP contribution in [0.3, 0.4) is 0 Å². The van der Waals surface area contributed by atoms with Gasteiger partial charge in [-0.25, -0.2) is 13.8 Å². The van der Waals surface area contributed by atoms with Crippen molar-refractivity contribution in [3.63, 3.8) is 0 Å². The van der Waals surface area contributed by atoms with Crippen LogP contribution in [0.4, 0.5) is 14.6 Å². The molecule has 73 heavy (non-hydrogen) atoms. The van der Waals surface area contributed by atoms with E-state index in [4.69, 9.17) is 16.1 Å². The van der Waals surface area contributed by atoms with E-state index in [-0.39, 0.29) is 95.5 Å². The van der Waals surface area contributed by atoms with E-state index < -0.39 is 41.1 Å². The number of piperazine rings is 1. The number of halogens is 2. The molecule has 4 aliphatic rings. The Morgan fingerprint density at radius 2 is 1.74 bits per heavy atom. The second-order valence-electron chi connectivity index (χ2n) is 20.8. The first-order valence-corrected chi connectivity index (χ1v) is 25.6. The highest BCUT2D eigenvalue weighted by atomic mass is 32.1. The van der Waals surface area contributed by atoms with E-state index in [2.05, 4.69) is 41.7 Å². The predicted octanol–water partition coefficient (Wildman–Crippen LogP) is 5.83. The van der Waals surface area contributed by atoms with E-state index >= 15 is 8.78 Å². The number of carbonyl (C=O) groups excluding carboxylic acids is 3. The lowest BCUT2D eigenvalue weighted by Gasteiger charge is -2.36. The Morgan fingerprint density at radius 1 is 1.00 bits per heavy atom. The topological polar surface area (TPSA) is 198 Å². The van der Waals surface area contributed by atoms with E-state index in [0.29, 0.717) is 55.6 Å². The molecule has 5 N–H and O–H groups in total. The zero-order valence-corrected chi connectivity index (χ0v) is 41.9. The van der Waals surface area contributed by atoms with Gasteiger partial charge in [-0.05, 0) is 72.7 Å². The fourth-order valence-corrected chi connectivity index (χ4v) is 11.6. The van der Waals surface area contributed by atoms with E-state index in [9.17, 15) is 24.6 Å². The van der Waals surface area contributed by atoms with Gasteiger partial charge in [-0.15, -0.1) is 17.8 Å². The number of amides is 3. The summed E-state index contributed by atoms with van der Waals surface area (Å²) < 4.78 is 38.7. The monoisotopic (exact) mass is 1010 g/mol. The third kappa shape index (κ3) is 10.3. The number of phenols is 1. The van der Waals surface area contributed by atoms with Crippen LogP contribution in [0.1, 0.15) is 69.7 Å². The van der Waals surface area contributed by atoms with Gasteiger partial charge in [0.15, 0.2) is 5.82 Å². The number of aromatic hydroxyl groups is 1. The molecular weight excluding hydrogens is 955 g/mol. The molecule has 3 amide bonds. The molecule has 10 rings (SSSR count). The Hall–Kier alpha value is -6.85. The molecule has 7 heterocycles. The molecule has 0 radical (unpaired) electrons. The van der Waals surface area contributed by atoms with Crippen molar-refractivity contribution in [2.24, 2.45) is 5.41 Å². The Balaban J connectivity index is 0.809. The summed E-state index contributed by atoms with van der Waals surface area (Å²) in [6.07, 6.45) is 9.01. The second-order valence-corrected chi connectivity index (χ2v) is 21.6. The maximum Gasteiger partial charge on any atom is 0.319 e. The lowest BCUT2D eigenvalue weighted by atomic mass is 9.85. The number of aliphatic hydroxyl groups excluding tert-OH is 1. The number of nitrogens with zero attached hydrogens (tertiary/aromatic N) is 7. The lowest BCUT2D eigenvalue weighted by Crippen LogP contribution is -2.59. The van der Waals surface area contributed by atoms with Gasteiger partial charge in [-0.1, -0.05) is 57.0 Å². The Kier molecular flexibility index (Phi) is 13.8. The van der Waals surface area contributed by atoms with Gasteiger partial charge in [0.05, 0.1) is 39.7 Å². The number of benzene rings is 3. The molecule has 4 saturated heterocycles. The summed E-state index contributed by atoms with van der Waals surface area (Å²) in [6.45, 7) is 9.89. The molecule has 4 aliphatic heterocycles. The Labute approximate surface area is 425 Å². The number of hydrogen-bond acceptors (Lipinski definition) is 14. The number of ether oxygens (including phenoxy) is 1. The number of pyridine rings is 1. The van der Waals surface area contributed by atoms with Crippen molar-refractivity contribution in [2.75, 3.05) is 44.2 Å². The number of aliphatic hydroxyl groups is 1. The van der Waals surface area contributed by atoms with Gasteiger partial charge in [0, 0.05) is 74.9 Å². The molecule has 4 unspecified atom stereocenters. The summed E-state index contributed by atoms with van der Waals surface area (Å²) in [5, 5.41) is 32.0. The third-order valence-corrected chi connectivity index (χ3v) is 15.5. The summed E-state index contributed by atoms with van der Waals surface area (Å²) >= 11 is 1.56. The van der Waals surface area contributed by atoms with Crippen molar-refractivity contribution in [1.82, 2.24) is 45.7 Å². The SMILES string of the molecule is C#Cc1c(F)ccc2cc(O)cc(-c3ncc4c(N5CC6CCC(C5)N6)nc(OC5CCN(CC(=O)NC(C(=O)N6C[C@H](O)CC6C(=O)NCc6ccc(-c7scnc7C)cc6)C(C)(C)C)CC5)nc4c3F)c12. The number of β-amino-alcohol motifs (C(OH)–C–C–N with tert-alkyl or cyclic N) is 1. The van der Waals surface area contributed by atoms with Gasteiger partial charge in [0.1, 0.15) is 46.8 Å². The van der Waals surface area contributed by atoms with Crippen LogP contribution in [-0.2, 0) is 20.9 Å². The van der Waals surface area contributed by atoms with Gasteiger partial charge in [-0.2, -0.15) is 9.97 Å². The molecule has 16 nitrogen and oxygen atoms in total. The maximum atomic E-state index is 17.1. The number of terminal acetylenes is 1. The van der Waals surface area contributed by atoms with Crippen molar-refractivity contribution in [3.8, 4) is 45.8 Å². The number of anilines is 1. The highest BCUT2D eigenvalue weighted by molar-refractivity contribution is 7.13. The zero-order chi connectivity index (χ0) is 51.3. The minimum atomic E-state index is -0.989. The van der Waals surface area contributed by atoms with Gasteiger partial charge in [0.25, 0.3) is 0 Å². The fourth-order valence-electron chi connectivity index (χ4n) is 10.8. The van der Waals surface area contributed by atoms with Gasteiger partial charge < -0.3 is 40.7 Å². The number of likely N-dealkylation sites (tertiary alicyclic amines) is 2. The predicted molar refractivity (Wildman–Crippen MR) is 274 cm³/mol. The van der Waals surface area contributed by atoms with Crippen LogP contribution in [-0.4, -0.2) is 133 Å². The average Bonchev–Trinajstić information content (AvgIpc) is 4.09. The molecule has 4 fully saturated rings. The summed E-state index contributed by atoms with van der Waals surface area (Å²) in [7, 11) is 0. The number of rotatable bonds is 12. The normalized spacial score (nSPS) is 20.8. The molecule has 380 valence electrons. The van der Waals surface area contributed by atoms with E-state index in [1.165, 1.54) is 35.4 Å². The first kappa shape index (κ1) is 49.7. The molecule has 2 bridgehead atoms. The highest BCUT2D eigenvalue weighted by Crippen LogP contribution is 2.40. The number of thiazole rings is 1. The summed E-state index contributed by atoms with van der Waals surface area (Å²) in [5.41, 5.74) is 3.73. The van der Waals surface area contributed by atoms with Crippen molar-refractivity contribution in [1.29, 1.82) is 0 Å². The summed E-state index contributed by atoms with van der Waals surface area (Å²) in [6, 6.07) is 11.8. The number of aryl methyl sites for hydroxylation is 1. The molecule has 0 saturated carbocycles. The van der Waals surface area contributed by atoms with E-state index in [1.54, 1.807) is 16.8 Å². The number of fused-ring (bicyclic) bond motifs is 4. The molecule has 6 aromatic rings. The first-order chi connectivity index (χ1) is 35.0.